The first kappa shape index (κ1) is 15.8. The van der Waals surface area contributed by atoms with Gasteiger partial charge in [-0.05, 0) is 31.0 Å². The number of benzene rings is 1. The maximum atomic E-state index is 12.1. The van der Waals surface area contributed by atoms with Crippen LogP contribution in [0.2, 0.25) is 0 Å². The number of nitrogens with one attached hydrogen (secondary N) is 2. The lowest BCUT2D eigenvalue weighted by Crippen LogP contribution is -2.40. The zero-order valence-electron chi connectivity index (χ0n) is 12.8. The van der Waals surface area contributed by atoms with Crippen LogP contribution in [0.5, 0.6) is 5.75 Å². The largest absolute Gasteiger partial charge is 0.491 e. The third-order valence-corrected chi connectivity index (χ3v) is 3.29. The number of carbonyl (C=O) groups is 1. The molecule has 0 radical (unpaired) electrons. The lowest BCUT2D eigenvalue weighted by atomic mass is 10.2. The zero-order chi connectivity index (χ0) is 15.1. The Kier molecular flexibility index (Phi) is 6.02. The highest BCUT2D eigenvalue weighted by molar-refractivity contribution is 5.92. The zero-order valence-corrected chi connectivity index (χ0v) is 12.8. The summed E-state index contributed by atoms with van der Waals surface area (Å²) < 4.78 is 11.2. The van der Waals surface area contributed by atoms with E-state index in [0.29, 0.717) is 19.6 Å². The normalized spacial score (nSPS) is 18.3. The predicted octanol–water partition coefficient (Wildman–Crippen LogP) is 2.10. The molecule has 5 nitrogen and oxygen atoms in total. The first-order valence-electron chi connectivity index (χ1n) is 7.54. The fourth-order valence-electron chi connectivity index (χ4n) is 2.22. The van der Waals surface area contributed by atoms with E-state index in [0.717, 1.165) is 36.5 Å². The van der Waals surface area contributed by atoms with E-state index < -0.39 is 0 Å². The molecule has 116 valence electrons. The first-order chi connectivity index (χ1) is 10.2. The summed E-state index contributed by atoms with van der Waals surface area (Å²) in [6.07, 6.45) is 1.24. The molecule has 1 atom stereocenters. The van der Waals surface area contributed by atoms with Crippen LogP contribution in [0.4, 0.5) is 5.69 Å². The summed E-state index contributed by atoms with van der Waals surface area (Å²) in [5.41, 5.74) is 1.83. The van der Waals surface area contributed by atoms with Crippen LogP contribution < -0.4 is 15.4 Å². The minimum absolute atomic E-state index is 0.0473. The highest BCUT2D eigenvalue weighted by Crippen LogP contribution is 2.26. The van der Waals surface area contributed by atoms with Gasteiger partial charge in [0.15, 0.2) is 0 Å². The minimum atomic E-state index is -0.0517. The standard InChI is InChI=1S/C16H24N2O3/c1-3-7-21-15-9-12(2)4-5-14(15)18-16(19)10-13-11-17-6-8-20-13/h4-5,9,13,17H,3,6-8,10-11H2,1-2H3,(H,18,19). The number of anilines is 1. The summed E-state index contributed by atoms with van der Waals surface area (Å²) in [5.74, 6) is 0.682. The van der Waals surface area contributed by atoms with E-state index in [1.54, 1.807) is 0 Å². The van der Waals surface area contributed by atoms with Crippen molar-refractivity contribution in [2.24, 2.45) is 0 Å². The smallest absolute Gasteiger partial charge is 0.227 e. The number of hydrogen-bond acceptors (Lipinski definition) is 4. The maximum Gasteiger partial charge on any atom is 0.227 e. The van der Waals surface area contributed by atoms with E-state index in [1.165, 1.54) is 0 Å². The summed E-state index contributed by atoms with van der Waals surface area (Å²) in [5, 5.41) is 6.14. The van der Waals surface area contributed by atoms with Crippen LogP contribution >= 0.6 is 0 Å². The quantitative estimate of drug-likeness (QED) is 0.843. The van der Waals surface area contributed by atoms with E-state index in [1.807, 2.05) is 25.1 Å². The van der Waals surface area contributed by atoms with Crippen molar-refractivity contribution in [1.29, 1.82) is 0 Å². The van der Waals surface area contributed by atoms with Gasteiger partial charge in [0.1, 0.15) is 5.75 Å². The van der Waals surface area contributed by atoms with Gasteiger partial charge in [0, 0.05) is 13.1 Å². The summed E-state index contributed by atoms with van der Waals surface area (Å²) in [4.78, 5) is 12.1. The second-order valence-electron chi connectivity index (χ2n) is 5.30. The number of aryl methyl sites for hydroxylation is 1. The molecule has 2 N–H and O–H groups in total. The van der Waals surface area contributed by atoms with Crippen molar-refractivity contribution in [2.75, 3.05) is 31.6 Å². The number of rotatable bonds is 6. The predicted molar refractivity (Wildman–Crippen MR) is 82.8 cm³/mol. The Balaban J connectivity index is 1.95. The molecule has 21 heavy (non-hydrogen) atoms. The van der Waals surface area contributed by atoms with Gasteiger partial charge in [-0.1, -0.05) is 13.0 Å². The summed E-state index contributed by atoms with van der Waals surface area (Å²) in [6, 6.07) is 5.80. The number of morpholine rings is 1. The van der Waals surface area contributed by atoms with E-state index in [2.05, 4.69) is 17.6 Å². The van der Waals surface area contributed by atoms with Crippen molar-refractivity contribution >= 4 is 11.6 Å². The Bertz CT molecular complexity index is 471. The molecular weight excluding hydrogens is 268 g/mol. The number of amides is 1. The third kappa shape index (κ3) is 5.02. The second kappa shape index (κ2) is 8.00. The highest BCUT2D eigenvalue weighted by Gasteiger charge is 2.18. The van der Waals surface area contributed by atoms with Crippen LogP contribution in [0.25, 0.3) is 0 Å². The molecule has 1 heterocycles. The van der Waals surface area contributed by atoms with Crippen LogP contribution in [0, 0.1) is 6.92 Å². The van der Waals surface area contributed by atoms with Crippen LogP contribution in [-0.4, -0.2) is 38.3 Å². The highest BCUT2D eigenvalue weighted by atomic mass is 16.5. The number of ether oxygens (including phenoxy) is 2. The SMILES string of the molecule is CCCOc1cc(C)ccc1NC(=O)CC1CNCCO1. The summed E-state index contributed by atoms with van der Waals surface area (Å²) in [6.45, 7) is 6.94. The van der Waals surface area contributed by atoms with Gasteiger partial charge >= 0.3 is 0 Å². The van der Waals surface area contributed by atoms with Gasteiger partial charge in [-0.25, -0.2) is 0 Å². The summed E-state index contributed by atoms with van der Waals surface area (Å²) >= 11 is 0. The Hall–Kier alpha value is -1.59. The average Bonchev–Trinajstić information content (AvgIpc) is 2.48. The second-order valence-corrected chi connectivity index (χ2v) is 5.30. The van der Waals surface area contributed by atoms with Gasteiger partial charge in [0.25, 0.3) is 0 Å². The topological polar surface area (TPSA) is 59.6 Å². The van der Waals surface area contributed by atoms with Crippen molar-refractivity contribution in [3.63, 3.8) is 0 Å². The van der Waals surface area contributed by atoms with Crippen molar-refractivity contribution in [1.82, 2.24) is 5.32 Å². The third-order valence-electron chi connectivity index (χ3n) is 3.29. The average molecular weight is 292 g/mol. The van der Waals surface area contributed by atoms with Gasteiger partial charge in [-0.15, -0.1) is 0 Å². The molecule has 1 aromatic rings. The van der Waals surface area contributed by atoms with Gasteiger partial charge in [0.2, 0.25) is 5.91 Å². The van der Waals surface area contributed by atoms with Crippen LogP contribution in [0.1, 0.15) is 25.3 Å². The molecule has 1 aromatic carbocycles. The molecule has 0 saturated carbocycles. The Morgan fingerprint density at radius 1 is 1.52 bits per heavy atom. The lowest BCUT2D eigenvalue weighted by Gasteiger charge is -2.23. The molecule has 1 amide bonds. The molecule has 0 spiro atoms. The number of carbonyl (C=O) groups excluding carboxylic acids is 1. The van der Waals surface area contributed by atoms with Gasteiger partial charge in [0.05, 0.1) is 31.4 Å². The van der Waals surface area contributed by atoms with E-state index >= 15 is 0 Å². The van der Waals surface area contributed by atoms with Gasteiger partial charge in [-0.2, -0.15) is 0 Å². The molecule has 0 bridgehead atoms. The van der Waals surface area contributed by atoms with Crippen LogP contribution in [0.3, 0.4) is 0 Å². The maximum absolute atomic E-state index is 12.1. The molecule has 2 rings (SSSR count). The van der Waals surface area contributed by atoms with Crippen molar-refractivity contribution < 1.29 is 14.3 Å². The molecule has 0 aromatic heterocycles. The fourth-order valence-corrected chi connectivity index (χ4v) is 2.22. The van der Waals surface area contributed by atoms with Gasteiger partial charge in [-0.3, -0.25) is 4.79 Å². The Labute approximate surface area is 126 Å². The summed E-state index contributed by atoms with van der Waals surface area (Å²) in [7, 11) is 0. The first-order valence-corrected chi connectivity index (χ1v) is 7.54. The molecule has 1 aliphatic rings. The van der Waals surface area contributed by atoms with E-state index in [-0.39, 0.29) is 12.0 Å². The molecular formula is C16H24N2O3. The molecule has 0 aliphatic carbocycles. The molecule has 1 saturated heterocycles. The van der Waals surface area contributed by atoms with E-state index in [4.69, 9.17) is 9.47 Å². The lowest BCUT2D eigenvalue weighted by molar-refractivity contribution is -0.119. The molecule has 1 unspecified atom stereocenters. The van der Waals surface area contributed by atoms with Crippen molar-refractivity contribution in [2.45, 2.75) is 32.8 Å². The van der Waals surface area contributed by atoms with E-state index in [9.17, 15) is 4.79 Å². The molecule has 1 fully saturated rings. The molecule has 5 heteroatoms. The molecule has 1 aliphatic heterocycles. The van der Waals surface area contributed by atoms with Crippen molar-refractivity contribution in [3.05, 3.63) is 23.8 Å². The fraction of sp³-hybridized carbons (Fsp3) is 0.562. The Morgan fingerprint density at radius 2 is 2.38 bits per heavy atom. The van der Waals surface area contributed by atoms with Crippen LogP contribution in [0.15, 0.2) is 18.2 Å². The van der Waals surface area contributed by atoms with Gasteiger partial charge < -0.3 is 20.1 Å². The Morgan fingerprint density at radius 3 is 3.10 bits per heavy atom. The monoisotopic (exact) mass is 292 g/mol. The minimum Gasteiger partial charge on any atom is -0.491 e. The van der Waals surface area contributed by atoms with Crippen LogP contribution in [-0.2, 0) is 9.53 Å². The number of hydrogen-bond donors (Lipinski definition) is 2. The van der Waals surface area contributed by atoms with Crippen molar-refractivity contribution in [3.8, 4) is 5.75 Å².